The Kier molecular flexibility index (Phi) is 6.79. The number of rotatable bonds is 8. The lowest BCUT2D eigenvalue weighted by atomic mass is 10.0. The van der Waals surface area contributed by atoms with Gasteiger partial charge in [-0.3, -0.25) is 14.5 Å². The lowest BCUT2D eigenvalue weighted by Crippen LogP contribution is -2.51. The topological polar surface area (TPSA) is 80.1 Å². The molecule has 0 saturated carbocycles. The molecule has 0 aliphatic heterocycles. The fourth-order valence-electron chi connectivity index (χ4n) is 3.80. The molecule has 0 radical (unpaired) electrons. The average molecular weight is 476 g/mol. The van der Waals surface area contributed by atoms with Gasteiger partial charge in [0.05, 0.1) is 5.52 Å². The maximum absolute atomic E-state index is 13.9. The summed E-state index contributed by atoms with van der Waals surface area (Å²) in [6, 6.07) is 18.1. The van der Waals surface area contributed by atoms with Crippen molar-refractivity contribution in [3.05, 3.63) is 76.5 Å². The van der Waals surface area contributed by atoms with Crippen molar-refractivity contribution in [2.45, 2.75) is 52.2 Å². The van der Waals surface area contributed by atoms with Gasteiger partial charge < -0.3 is 5.32 Å². The molecule has 7 nitrogen and oxygen atoms in total. The van der Waals surface area contributed by atoms with Gasteiger partial charge in [0.1, 0.15) is 18.1 Å². The summed E-state index contributed by atoms with van der Waals surface area (Å²) in [4.78, 5) is 30.1. The van der Waals surface area contributed by atoms with Crippen LogP contribution in [0.1, 0.15) is 43.7 Å². The van der Waals surface area contributed by atoms with E-state index in [9.17, 15) is 9.59 Å². The number of benzene rings is 2. The zero-order valence-corrected chi connectivity index (χ0v) is 20.7. The predicted molar refractivity (Wildman–Crippen MR) is 136 cm³/mol. The fraction of sp³-hybridized carbons (Fsp3) is 0.308. The van der Waals surface area contributed by atoms with Crippen LogP contribution in [0.5, 0.6) is 0 Å². The normalized spacial score (nSPS) is 12.5. The molecule has 176 valence electrons. The molecule has 1 unspecified atom stereocenters. The number of fused-ring (bicyclic) bond motifs is 1. The standard InChI is InChI=1S/C26H29N5O2S/c1-5-26(3,4)27-25(33)24(22-15-10-16-34-22)31(20-13-8-6-11-18(20)2)23(32)17-30-21-14-9-7-12-19(21)28-29-30/h6-16,24H,5,17H2,1-4H3,(H,27,33). The summed E-state index contributed by atoms with van der Waals surface area (Å²) < 4.78 is 1.59. The Labute approximate surface area is 203 Å². The molecule has 2 aromatic heterocycles. The minimum absolute atomic E-state index is 0.0405. The number of hydrogen-bond acceptors (Lipinski definition) is 5. The number of carbonyl (C=O) groups is 2. The van der Waals surface area contributed by atoms with Crippen LogP contribution in [-0.2, 0) is 16.1 Å². The van der Waals surface area contributed by atoms with Crippen molar-refractivity contribution < 1.29 is 9.59 Å². The molecule has 0 aliphatic carbocycles. The molecule has 0 aliphatic rings. The number of hydrogen-bond donors (Lipinski definition) is 1. The van der Waals surface area contributed by atoms with Gasteiger partial charge in [-0.2, -0.15) is 0 Å². The molecule has 2 amide bonds. The summed E-state index contributed by atoms with van der Waals surface area (Å²) >= 11 is 1.46. The van der Waals surface area contributed by atoms with E-state index in [0.29, 0.717) is 5.69 Å². The van der Waals surface area contributed by atoms with E-state index < -0.39 is 11.6 Å². The third kappa shape index (κ3) is 4.87. The van der Waals surface area contributed by atoms with Gasteiger partial charge >= 0.3 is 0 Å². The number of aromatic nitrogens is 3. The highest BCUT2D eigenvalue weighted by atomic mass is 32.1. The number of carbonyl (C=O) groups excluding carboxylic acids is 2. The van der Waals surface area contributed by atoms with Gasteiger partial charge in [-0.15, -0.1) is 16.4 Å². The third-order valence-electron chi connectivity index (χ3n) is 6.01. The van der Waals surface area contributed by atoms with E-state index in [1.807, 2.05) is 93.7 Å². The highest BCUT2D eigenvalue weighted by Gasteiger charge is 2.36. The van der Waals surface area contributed by atoms with Gasteiger partial charge in [0.25, 0.3) is 0 Å². The van der Waals surface area contributed by atoms with Crippen LogP contribution in [0, 0.1) is 6.92 Å². The number of anilines is 1. The van der Waals surface area contributed by atoms with E-state index in [2.05, 4.69) is 15.6 Å². The van der Waals surface area contributed by atoms with E-state index in [4.69, 9.17) is 0 Å². The monoisotopic (exact) mass is 475 g/mol. The molecule has 4 aromatic rings. The molecule has 4 rings (SSSR count). The highest BCUT2D eigenvalue weighted by Crippen LogP contribution is 2.33. The minimum Gasteiger partial charge on any atom is -0.349 e. The number of nitrogens with zero attached hydrogens (tertiary/aromatic N) is 4. The molecule has 1 N–H and O–H groups in total. The maximum Gasteiger partial charge on any atom is 0.249 e. The summed E-state index contributed by atoms with van der Waals surface area (Å²) in [6.45, 7) is 7.90. The number of amides is 2. The van der Waals surface area contributed by atoms with Crippen LogP contribution in [0.25, 0.3) is 11.0 Å². The first-order chi connectivity index (χ1) is 16.3. The fourth-order valence-corrected chi connectivity index (χ4v) is 4.61. The Morgan fingerprint density at radius 1 is 1.09 bits per heavy atom. The summed E-state index contributed by atoms with van der Waals surface area (Å²) in [5.41, 5.74) is 2.68. The van der Waals surface area contributed by atoms with Gasteiger partial charge in [0, 0.05) is 16.1 Å². The Hall–Kier alpha value is -3.52. The van der Waals surface area contributed by atoms with Gasteiger partial charge in [0.15, 0.2) is 0 Å². The first-order valence-electron chi connectivity index (χ1n) is 11.3. The lowest BCUT2D eigenvalue weighted by molar-refractivity contribution is -0.128. The Morgan fingerprint density at radius 3 is 2.53 bits per heavy atom. The van der Waals surface area contributed by atoms with Crippen molar-refractivity contribution in [1.82, 2.24) is 20.3 Å². The third-order valence-corrected chi connectivity index (χ3v) is 6.94. The van der Waals surface area contributed by atoms with E-state index >= 15 is 0 Å². The van der Waals surface area contributed by atoms with Crippen LogP contribution in [0.2, 0.25) is 0 Å². The van der Waals surface area contributed by atoms with Crippen molar-refractivity contribution in [3.8, 4) is 0 Å². The number of aryl methyl sites for hydroxylation is 1. The van der Waals surface area contributed by atoms with Gasteiger partial charge in [-0.1, -0.05) is 48.5 Å². The van der Waals surface area contributed by atoms with Crippen LogP contribution >= 0.6 is 11.3 Å². The molecule has 1 atom stereocenters. The second-order valence-corrected chi connectivity index (χ2v) is 9.91. The molecule has 0 bridgehead atoms. The summed E-state index contributed by atoms with van der Waals surface area (Å²) in [6.07, 6.45) is 0.763. The quantitative estimate of drug-likeness (QED) is 0.394. The first kappa shape index (κ1) is 23.6. The Morgan fingerprint density at radius 2 is 1.82 bits per heavy atom. The number of nitrogens with one attached hydrogen (secondary N) is 1. The molecule has 34 heavy (non-hydrogen) atoms. The van der Waals surface area contributed by atoms with Gasteiger partial charge in [-0.25, -0.2) is 4.68 Å². The summed E-state index contributed by atoms with van der Waals surface area (Å²) in [5.74, 6) is -0.456. The molecule has 0 spiro atoms. The van der Waals surface area contributed by atoms with Crippen LogP contribution in [0.15, 0.2) is 66.0 Å². The van der Waals surface area contributed by atoms with Crippen LogP contribution in [-0.4, -0.2) is 32.3 Å². The summed E-state index contributed by atoms with van der Waals surface area (Å²) in [7, 11) is 0. The van der Waals surface area contributed by atoms with E-state index in [1.54, 1.807) is 9.58 Å². The second-order valence-electron chi connectivity index (χ2n) is 8.93. The van der Waals surface area contributed by atoms with E-state index in [-0.39, 0.29) is 18.4 Å². The van der Waals surface area contributed by atoms with Crippen molar-refractivity contribution >= 4 is 39.9 Å². The Balaban J connectivity index is 1.79. The van der Waals surface area contributed by atoms with Gasteiger partial charge in [-0.05, 0) is 62.4 Å². The van der Waals surface area contributed by atoms with Gasteiger partial charge in [0.2, 0.25) is 11.8 Å². The highest BCUT2D eigenvalue weighted by molar-refractivity contribution is 7.10. The van der Waals surface area contributed by atoms with E-state index in [1.165, 1.54) is 11.3 Å². The zero-order chi connectivity index (χ0) is 24.3. The number of thiophene rings is 1. The molecule has 2 aromatic carbocycles. The zero-order valence-electron chi connectivity index (χ0n) is 19.9. The van der Waals surface area contributed by atoms with Crippen molar-refractivity contribution in [2.24, 2.45) is 0 Å². The van der Waals surface area contributed by atoms with Crippen LogP contribution in [0.4, 0.5) is 5.69 Å². The van der Waals surface area contributed by atoms with Crippen molar-refractivity contribution in [3.63, 3.8) is 0 Å². The SMILES string of the molecule is CCC(C)(C)NC(=O)C(c1cccs1)N(C(=O)Cn1nnc2ccccc21)c1ccccc1C. The average Bonchev–Trinajstić information content (AvgIpc) is 3.48. The van der Waals surface area contributed by atoms with Crippen molar-refractivity contribution in [2.75, 3.05) is 4.90 Å². The smallest absolute Gasteiger partial charge is 0.249 e. The maximum atomic E-state index is 13.9. The van der Waals surface area contributed by atoms with Crippen LogP contribution in [0.3, 0.4) is 0 Å². The van der Waals surface area contributed by atoms with E-state index in [0.717, 1.165) is 27.9 Å². The molecule has 0 saturated heterocycles. The van der Waals surface area contributed by atoms with Crippen LogP contribution < -0.4 is 10.2 Å². The molecule has 0 fully saturated rings. The first-order valence-corrected chi connectivity index (χ1v) is 12.2. The lowest BCUT2D eigenvalue weighted by Gasteiger charge is -2.34. The molecule has 2 heterocycles. The number of para-hydroxylation sites is 2. The Bertz CT molecular complexity index is 1300. The predicted octanol–water partition coefficient (Wildman–Crippen LogP) is 4.88. The summed E-state index contributed by atoms with van der Waals surface area (Å²) in [5, 5.41) is 13.4. The molecular formula is C26H29N5O2S. The second kappa shape index (κ2) is 9.77. The van der Waals surface area contributed by atoms with Crippen molar-refractivity contribution in [1.29, 1.82) is 0 Å². The minimum atomic E-state index is -0.811. The molecule has 8 heteroatoms. The largest absolute Gasteiger partial charge is 0.349 e. The molecular weight excluding hydrogens is 446 g/mol.